The van der Waals surface area contributed by atoms with Gasteiger partial charge in [-0.2, -0.15) is 5.16 Å². The van der Waals surface area contributed by atoms with E-state index in [1.807, 2.05) is 7.05 Å². The van der Waals surface area contributed by atoms with E-state index in [0.29, 0.717) is 12.4 Å². The fourth-order valence-electron chi connectivity index (χ4n) is 0.952. The number of hydrogen-bond acceptors (Lipinski definition) is 5. The molecule has 0 atom stereocenters. The molecule has 0 aliphatic rings. The number of aromatic nitrogens is 1. The molecule has 6 nitrogen and oxygen atoms in total. The van der Waals surface area contributed by atoms with Crippen molar-refractivity contribution in [2.75, 3.05) is 25.1 Å². The molecular weight excluding hydrogens is 172 g/mol. The first-order chi connectivity index (χ1) is 6.24. The number of hydrazine groups is 1. The summed E-state index contributed by atoms with van der Waals surface area (Å²) >= 11 is 0. The smallest absolute Gasteiger partial charge is 0.282 e. The van der Waals surface area contributed by atoms with Crippen LogP contribution in [0.4, 0.5) is 5.88 Å². The monoisotopic (exact) mass is 186 g/mol. The van der Waals surface area contributed by atoms with Gasteiger partial charge in [-0.3, -0.25) is 9.80 Å². The van der Waals surface area contributed by atoms with Crippen LogP contribution >= 0.6 is 0 Å². The van der Waals surface area contributed by atoms with Crippen LogP contribution in [0.5, 0.6) is 0 Å². The van der Waals surface area contributed by atoms with Crippen molar-refractivity contribution in [3.8, 4) is 0 Å². The van der Waals surface area contributed by atoms with Gasteiger partial charge in [0.05, 0.1) is 6.07 Å². The maximum absolute atomic E-state index is 10.7. The Morgan fingerprint density at radius 3 is 3.08 bits per heavy atom. The van der Waals surface area contributed by atoms with E-state index in [9.17, 15) is 4.79 Å². The highest BCUT2D eigenvalue weighted by molar-refractivity contribution is 5.29. The van der Waals surface area contributed by atoms with Gasteiger partial charge in [0.25, 0.3) is 5.56 Å². The van der Waals surface area contributed by atoms with Gasteiger partial charge in [0.2, 0.25) is 5.88 Å². The molecule has 4 N–H and O–H groups in total. The molecule has 0 saturated carbocycles. The Bertz CT molecular complexity index is 293. The van der Waals surface area contributed by atoms with E-state index >= 15 is 0 Å². The molecule has 0 aromatic carbocycles. The first-order valence-corrected chi connectivity index (χ1v) is 4.09. The van der Waals surface area contributed by atoms with Gasteiger partial charge >= 0.3 is 0 Å². The molecule has 0 bridgehead atoms. The SMILES string of the molecule is CNCCCN(N)c1cc(=O)[nH]o1. The first-order valence-electron chi connectivity index (χ1n) is 4.09. The van der Waals surface area contributed by atoms with Gasteiger partial charge in [-0.05, 0) is 20.0 Å². The van der Waals surface area contributed by atoms with Crippen molar-refractivity contribution in [2.24, 2.45) is 5.84 Å². The van der Waals surface area contributed by atoms with E-state index < -0.39 is 0 Å². The number of rotatable bonds is 5. The van der Waals surface area contributed by atoms with Crippen molar-refractivity contribution < 1.29 is 4.52 Å². The molecule has 1 rings (SSSR count). The summed E-state index contributed by atoms with van der Waals surface area (Å²) in [4.78, 5) is 10.7. The zero-order chi connectivity index (χ0) is 9.68. The Kier molecular flexibility index (Phi) is 3.53. The molecule has 1 aromatic rings. The maximum atomic E-state index is 10.7. The number of aromatic amines is 1. The first kappa shape index (κ1) is 9.82. The molecule has 0 radical (unpaired) electrons. The lowest BCUT2D eigenvalue weighted by Gasteiger charge is -2.13. The Labute approximate surface area is 75.6 Å². The number of nitrogens with one attached hydrogen (secondary N) is 2. The number of anilines is 1. The standard InChI is InChI=1S/C7H14N4O2/c1-9-3-2-4-11(8)7-5-6(12)10-13-7/h5,9H,2-4,8H2,1H3,(H,10,12). The van der Waals surface area contributed by atoms with Crippen LogP contribution in [0.3, 0.4) is 0 Å². The molecule has 0 saturated heterocycles. The molecule has 0 unspecified atom stereocenters. The van der Waals surface area contributed by atoms with Crippen molar-refractivity contribution in [3.63, 3.8) is 0 Å². The van der Waals surface area contributed by atoms with Crippen LogP contribution in [0, 0.1) is 0 Å². The summed E-state index contributed by atoms with van der Waals surface area (Å²) in [5, 5.41) is 6.57. The summed E-state index contributed by atoms with van der Waals surface area (Å²) in [6.07, 6.45) is 0.891. The molecule has 6 heteroatoms. The number of nitrogens with zero attached hydrogens (tertiary/aromatic N) is 1. The second kappa shape index (κ2) is 4.68. The van der Waals surface area contributed by atoms with Crippen LogP contribution in [0.1, 0.15) is 6.42 Å². The lowest BCUT2D eigenvalue weighted by molar-refractivity contribution is 0.409. The fourth-order valence-corrected chi connectivity index (χ4v) is 0.952. The second-order valence-electron chi connectivity index (χ2n) is 2.70. The van der Waals surface area contributed by atoms with Crippen molar-refractivity contribution in [2.45, 2.75) is 6.42 Å². The molecule has 0 aliphatic heterocycles. The molecule has 0 amide bonds. The van der Waals surface area contributed by atoms with Crippen LogP contribution < -0.4 is 21.7 Å². The molecule has 74 valence electrons. The van der Waals surface area contributed by atoms with Crippen molar-refractivity contribution in [3.05, 3.63) is 16.4 Å². The van der Waals surface area contributed by atoms with Gasteiger partial charge in [0, 0.05) is 6.54 Å². The third-order valence-electron chi connectivity index (χ3n) is 1.62. The highest BCUT2D eigenvalue weighted by Crippen LogP contribution is 2.04. The predicted octanol–water partition coefficient (Wildman–Crippen LogP) is -0.742. The third kappa shape index (κ3) is 2.92. The average molecular weight is 186 g/mol. The van der Waals surface area contributed by atoms with Crippen molar-refractivity contribution >= 4 is 5.88 Å². The van der Waals surface area contributed by atoms with Crippen LogP contribution in [0.15, 0.2) is 15.4 Å². The highest BCUT2D eigenvalue weighted by atomic mass is 16.5. The van der Waals surface area contributed by atoms with Crippen molar-refractivity contribution in [1.29, 1.82) is 0 Å². The summed E-state index contributed by atoms with van der Waals surface area (Å²) in [5.74, 6) is 5.96. The van der Waals surface area contributed by atoms with Crippen LogP contribution in [-0.2, 0) is 0 Å². The summed E-state index contributed by atoms with van der Waals surface area (Å²) in [5.41, 5.74) is -0.279. The summed E-state index contributed by atoms with van der Waals surface area (Å²) < 4.78 is 4.80. The fraction of sp³-hybridized carbons (Fsp3) is 0.571. The highest BCUT2D eigenvalue weighted by Gasteiger charge is 2.05. The molecule has 1 aromatic heterocycles. The van der Waals surface area contributed by atoms with Gasteiger partial charge in [-0.25, -0.2) is 5.84 Å². The Morgan fingerprint density at radius 2 is 2.54 bits per heavy atom. The third-order valence-corrected chi connectivity index (χ3v) is 1.62. The van der Waals surface area contributed by atoms with E-state index in [1.165, 1.54) is 11.1 Å². The van der Waals surface area contributed by atoms with Gasteiger partial charge < -0.3 is 9.84 Å². The zero-order valence-corrected chi connectivity index (χ0v) is 7.54. The molecule has 13 heavy (non-hydrogen) atoms. The van der Waals surface area contributed by atoms with Crippen LogP contribution in [0.2, 0.25) is 0 Å². The minimum absolute atomic E-state index is 0.279. The number of H-pyrrole nitrogens is 1. The van der Waals surface area contributed by atoms with Gasteiger partial charge in [0.15, 0.2) is 0 Å². The quantitative estimate of drug-likeness (QED) is 0.320. The predicted molar refractivity (Wildman–Crippen MR) is 49.4 cm³/mol. The minimum Gasteiger partial charge on any atom is -0.359 e. The van der Waals surface area contributed by atoms with Crippen molar-refractivity contribution in [1.82, 2.24) is 10.5 Å². The number of nitrogens with two attached hydrogens (primary N) is 1. The summed E-state index contributed by atoms with van der Waals surface area (Å²) in [6, 6.07) is 1.32. The normalized spacial score (nSPS) is 10.3. The Hall–Kier alpha value is -1.27. The van der Waals surface area contributed by atoms with E-state index in [4.69, 9.17) is 10.4 Å². The summed E-state index contributed by atoms with van der Waals surface area (Å²) in [7, 11) is 1.87. The van der Waals surface area contributed by atoms with Gasteiger partial charge in [-0.1, -0.05) is 0 Å². The van der Waals surface area contributed by atoms with Gasteiger partial charge in [0.1, 0.15) is 0 Å². The number of hydrogen-bond donors (Lipinski definition) is 3. The second-order valence-corrected chi connectivity index (χ2v) is 2.70. The molecule has 1 heterocycles. The lowest BCUT2D eigenvalue weighted by Crippen LogP contribution is -2.33. The molecule has 0 fully saturated rings. The van der Waals surface area contributed by atoms with Crippen LogP contribution in [-0.4, -0.2) is 25.3 Å². The van der Waals surface area contributed by atoms with E-state index in [1.54, 1.807) is 0 Å². The zero-order valence-electron chi connectivity index (χ0n) is 7.54. The molecular formula is C7H14N4O2. The largest absolute Gasteiger partial charge is 0.359 e. The van der Waals surface area contributed by atoms with Gasteiger partial charge in [-0.15, -0.1) is 0 Å². The Balaban J connectivity index is 2.39. The Morgan fingerprint density at radius 1 is 1.77 bits per heavy atom. The van der Waals surface area contributed by atoms with E-state index in [2.05, 4.69) is 10.5 Å². The minimum atomic E-state index is -0.279. The average Bonchev–Trinajstić information content (AvgIpc) is 2.52. The lowest BCUT2D eigenvalue weighted by atomic mass is 10.4. The molecule has 0 aliphatic carbocycles. The topological polar surface area (TPSA) is 87.3 Å². The van der Waals surface area contributed by atoms with E-state index in [0.717, 1.165) is 13.0 Å². The summed E-state index contributed by atoms with van der Waals surface area (Å²) in [6.45, 7) is 1.52. The maximum Gasteiger partial charge on any atom is 0.282 e. The van der Waals surface area contributed by atoms with Crippen LogP contribution in [0.25, 0.3) is 0 Å². The van der Waals surface area contributed by atoms with E-state index in [-0.39, 0.29) is 5.56 Å². The molecule has 0 spiro atoms.